The van der Waals surface area contributed by atoms with Gasteiger partial charge in [0, 0.05) is 32.7 Å². The summed E-state index contributed by atoms with van der Waals surface area (Å²) in [7, 11) is 0. The molecule has 1 unspecified atom stereocenters. The molecule has 1 aliphatic heterocycles. The van der Waals surface area contributed by atoms with Crippen molar-refractivity contribution in [3.05, 3.63) is 30.1 Å². The van der Waals surface area contributed by atoms with E-state index >= 15 is 0 Å². The number of aliphatic imine (C=N–C) groups is 1. The lowest BCUT2D eigenvalue weighted by molar-refractivity contribution is -0.123. The van der Waals surface area contributed by atoms with Gasteiger partial charge < -0.3 is 25.8 Å². The van der Waals surface area contributed by atoms with Gasteiger partial charge in [-0.05, 0) is 64.8 Å². The Hall–Kier alpha value is -2.61. The van der Waals surface area contributed by atoms with Crippen molar-refractivity contribution in [1.82, 2.24) is 25.1 Å². The summed E-state index contributed by atoms with van der Waals surface area (Å²) in [5.74, 6) is 1.76. The minimum Gasteiger partial charge on any atom is -0.369 e. The van der Waals surface area contributed by atoms with E-state index < -0.39 is 0 Å². The molecule has 170 valence electrons. The number of nitrogens with one attached hydrogen (secondary N) is 2. The number of carbonyl (C=O) groups is 1. The van der Waals surface area contributed by atoms with Crippen LogP contribution in [0.15, 0.2) is 29.3 Å². The van der Waals surface area contributed by atoms with Gasteiger partial charge in [0.15, 0.2) is 5.96 Å². The van der Waals surface area contributed by atoms with E-state index in [1.165, 1.54) is 5.52 Å². The van der Waals surface area contributed by atoms with Gasteiger partial charge in [-0.1, -0.05) is 12.1 Å². The quantitative estimate of drug-likeness (QED) is 0.305. The van der Waals surface area contributed by atoms with E-state index in [0.29, 0.717) is 0 Å². The molecule has 1 aromatic heterocycles. The molecule has 0 bridgehead atoms. The molecular weight excluding hydrogens is 390 g/mol. The fraction of sp³-hybridized carbons (Fsp3) is 0.609. The lowest BCUT2D eigenvalue weighted by atomic mass is 9.97. The Morgan fingerprint density at radius 2 is 2.10 bits per heavy atom. The van der Waals surface area contributed by atoms with E-state index in [1.54, 1.807) is 0 Å². The smallest absolute Gasteiger partial charge is 0.221 e. The molecule has 31 heavy (non-hydrogen) atoms. The first-order valence-electron chi connectivity index (χ1n) is 11.5. The minimum atomic E-state index is -0.164. The van der Waals surface area contributed by atoms with Crippen LogP contribution in [0.3, 0.4) is 0 Å². The van der Waals surface area contributed by atoms with Crippen molar-refractivity contribution in [2.24, 2.45) is 16.6 Å². The van der Waals surface area contributed by atoms with Crippen LogP contribution in [0.2, 0.25) is 0 Å². The standard InChI is InChI=1S/C23H37N7O/c1-3-25-23(26-12-7-15-29-14-6-9-19(17-29)22(24)31)27-13-8-16-30-18(2)28-20-10-4-5-11-21(20)30/h4-5,10-11,19H,3,6-9,12-17H2,1-2H3,(H2,24,31)(H2,25,26,27). The van der Waals surface area contributed by atoms with Gasteiger partial charge in [-0.2, -0.15) is 0 Å². The highest BCUT2D eigenvalue weighted by Gasteiger charge is 2.23. The van der Waals surface area contributed by atoms with Gasteiger partial charge in [0.05, 0.1) is 17.0 Å². The number of amides is 1. The van der Waals surface area contributed by atoms with E-state index in [9.17, 15) is 4.79 Å². The highest BCUT2D eigenvalue weighted by molar-refractivity contribution is 5.79. The van der Waals surface area contributed by atoms with Crippen LogP contribution in [0.1, 0.15) is 38.4 Å². The van der Waals surface area contributed by atoms with E-state index in [4.69, 9.17) is 10.7 Å². The van der Waals surface area contributed by atoms with Crippen LogP contribution in [0.5, 0.6) is 0 Å². The van der Waals surface area contributed by atoms with E-state index in [0.717, 1.165) is 88.8 Å². The van der Waals surface area contributed by atoms with Gasteiger partial charge in [0.25, 0.3) is 0 Å². The molecule has 8 nitrogen and oxygen atoms in total. The zero-order valence-corrected chi connectivity index (χ0v) is 18.9. The Bertz CT molecular complexity index is 876. The second-order valence-corrected chi connectivity index (χ2v) is 8.24. The summed E-state index contributed by atoms with van der Waals surface area (Å²) in [6.07, 6.45) is 3.95. The number of hydrogen-bond acceptors (Lipinski definition) is 4. The number of aromatic nitrogens is 2. The maximum absolute atomic E-state index is 11.4. The molecule has 2 aromatic rings. The van der Waals surface area contributed by atoms with Crippen molar-refractivity contribution in [2.45, 2.75) is 46.1 Å². The molecule has 2 heterocycles. The molecule has 0 spiro atoms. The van der Waals surface area contributed by atoms with E-state index in [-0.39, 0.29) is 11.8 Å². The van der Waals surface area contributed by atoms with Crippen molar-refractivity contribution < 1.29 is 4.79 Å². The number of imidazole rings is 1. The molecule has 1 fully saturated rings. The third kappa shape index (κ3) is 6.69. The first kappa shape index (κ1) is 23.1. The summed E-state index contributed by atoms with van der Waals surface area (Å²) in [5.41, 5.74) is 7.71. The Morgan fingerprint density at radius 3 is 2.90 bits per heavy atom. The molecular formula is C23H37N7O. The topological polar surface area (TPSA) is 101 Å². The van der Waals surface area contributed by atoms with Gasteiger partial charge in [-0.25, -0.2) is 4.98 Å². The number of benzene rings is 1. The Labute approximate surface area is 185 Å². The predicted octanol–water partition coefficient (Wildman–Crippen LogP) is 1.88. The number of rotatable bonds is 10. The number of para-hydroxylation sites is 2. The number of piperidine rings is 1. The van der Waals surface area contributed by atoms with Crippen LogP contribution in [0.4, 0.5) is 0 Å². The summed E-state index contributed by atoms with van der Waals surface area (Å²) in [6, 6.07) is 8.27. The number of carbonyl (C=O) groups excluding carboxylic acids is 1. The summed E-state index contributed by atoms with van der Waals surface area (Å²) >= 11 is 0. The maximum atomic E-state index is 11.4. The first-order chi connectivity index (χ1) is 15.1. The summed E-state index contributed by atoms with van der Waals surface area (Å²) < 4.78 is 2.27. The molecule has 8 heteroatoms. The molecule has 1 atom stereocenters. The van der Waals surface area contributed by atoms with Gasteiger partial charge in [0.1, 0.15) is 5.82 Å². The van der Waals surface area contributed by atoms with Crippen LogP contribution in [-0.2, 0) is 11.3 Å². The minimum absolute atomic E-state index is 0.0110. The predicted molar refractivity (Wildman–Crippen MR) is 126 cm³/mol. The van der Waals surface area contributed by atoms with Gasteiger partial charge in [-0.15, -0.1) is 0 Å². The van der Waals surface area contributed by atoms with Crippen molar-refractivity contribution in [3.8, 4) is 0 Å². The molecule has 0 aliphatic carbocycles. The highest BCUT2D eigenvalue weighted by atomic mass is 16.1. The molecule has 1 amide bonds. The first-order valence-corrected chi connectivity index (χ1v) is 11.5. The van der Waals surface area contributed by atoms with Gasteiger partial charge in [0.2, 0.25) is 5.91 Å². The van der Waals surface area contributed by atoms with Gasteiger partial charge >= 0.3 is 0 Å². The van der Waals surface area contributed by atoms with Crippen LogP contribution < -0.4 is 16.4 Å². The summed E-state index contributed by atoms with van der Waals surface area (Å²) in [4.78, 5) is 23.1. The second kappa shape index (κ2) is 11.7. The van der Waals surface area contributed by atoms with E-state index in [1.807, 2.05) is 6.07 Å². The number of aryl methyl sites for hydroxylation is 2. The zero-order valence-electron chi connectivity index (χ0n) is 18.9. The Kier molecular flexibility index (Phi) is 8.70. The van der Waals surface area contributed by atoms with Crippen LogP contribution >= 0.6 is 0 Å². The lowest BCUT2D eigenvalue weighted by Crippen LogP contribution is -2.43. The average molecular weight is 428 g/mol. The number of fused-ring (bicyclic) bond motifs is 1. The molecule has 1 saturated heterocycles. The SMILES string of the molecule is CCNC(=NCCCn1c(C)nc2ccccc21)NCCCN1CCCC(C(N)=O)C1. The molecule has 0 saturated carbocycles. The van der Waals surface area contributed by atoms with Crippen LogP contribution in [0, 0.1) is 12.8 Å². The van der Waals surface area contributed by atoms with Crippen molar-refractivity contribution in [3.63, 3.8) is 0 Å². The third-order valence-electron chi connectivity index (χ3n) is 5.85. The molecule has 1 aromatic carbocycles. The number of nitrogens with two attached hydrogens (primary N) is 1. The maximum Gasteiger partial charge on any atom is 0.221 e. The fourth-order valence-electron chi connectivity index (χ4n) is 4.24. The number of likely N-dealkylation sites (tertiary alicyclic amines) is 1. The summed E-state index contributed by atoms with van der Waals surface area (Å²) in [6.45, 7) is 10.3. The zero-order chi connectivity index (χ0) is 22.1. The van der Waals surface area contributed by atoms with Crippen molar-refractivity contribution >= 4 is 22.9 Å². The van der Waals surface area contributed by atoms with Gasteiger partial charge in [-0.3, -0.25) is 9.79 Å². The summed E-state index contributed by atoms with van der Waals surface area (Å²) in [5, 5.41) is 6.75. The second-order valence-electron chi connectivity index (χ2n) is 8.24. The molecule has 4 N–H and O–H groups in total. The largest absolute Gasteiger partial charge is 0.369 e. The number of primary amides is 1. The van der Waals surface area contributed by atoms with E-state index in [2.05, 4.69) is 57.1 Å². The lowest BCUT2D eigenvalue weighted by Gasteiger charge is -2.31. The molecule has 1 aliphatic rings. The molecule has 0 radical (unpaired) electrons. The number of nitrogens with zero attached hydrogens (tertiary/aromatic N) is 4. The van der Waals surface area contributed by atoms with Crippen LogP contribution in [0.25, 0.3) is 11.0 Å². The third-order valence-corrected chi connectivity index (χ3v) is 5.85. The number of hydrogen-bond donors (Lipinski definition) is 3. The molecule has 3 rings (SSSR count). The highest BCUT2D eigenvalue weighted by Crippen LogP contribution is 2.16. The Morgan fingerprint density at radius 1 is 1.26 bits per heavy atom. The monoisotopic (exact) mass is 427 g/mol. The Balaban J connectivity index is 1.40. The van der Waals surface area contributed by atoms with Crippen molar-refractivity contribution in [2.75, 3.05) is 39.3 Å². The fourth-order valence-corrected chi connectivity index (χ4v) is 4.24. The van der Waals surface area contributed by atoms with Crippen LogP contribution in [-0.4, -0.2) is 65.6 Å². The van der Waals surface area contributed by atoms with Crippen molar-refractivity contribution in [1.29, 1.82) is 0 Å². The average Bonchev–Trinajstić information content (AvgIpc) is 3.09. The normalized spacial score (nSPS) is 17.7. The number of guanidine groups is 1.